The predicted molar refractivity (Wildman–Crippen MR) is 96.7 cm³/mol. The maximum Gasteiger partial charge on any atom is 0.335 e. The smallest absolute Gasteiger partial charge is 0.335 e. The molecule has 6 heteroatoms. The van der Waals surface area contributed by atoms with Crippen molar-refractivity contribution in [1.82, 2.24) is 0 Å². The van der Waals surface area contributed by atoms with Gasteiger partial charge >= 0.3 is 5.97 Å². The lowest BCUT2D eigenvalue weighted by Crippen LogP contribution is -2.13. The minimum atomic E-state index is -1.05. The molecule has 0 bridgehead atoms. The largest absolute Gasteiger partial charge is 0.478 e. The van der Waals surface area contributed by atoms with E-state index in [4.69, 9.17) is 9.47 Å². The van der Waals surface area contributed by atoms with Crippen molar-refractivity contribution in [3.05, 3.63) is 64.7 Å². The van der Waals surface area contributed by atoms with Crippen LogP contribution in [0.25, 0.3) is 0 Å². The van der Waals surface area contributed by atoms with Gasteiger partial charge in [-0.3, -0.25) is 4.79 Å². The Labute approximate surface area is 151 Å². The SMILES string of the molecule is COCc1cc(NC(=O)c2cccc(C3CCOC3)c2)cc(C(=O)O)c1. The van der Waals surface area contributed by atoms with E-state index >= 15 is 0 Å². The van der Waals surface area contributed by atoms with Crippen molar-refractivity contribution in [3.8, 4) is 0 Å². The Kier molecular flexibility index (Phi) is 5.65. The van der Waals surface area contributed by atoms with E-state index in [1.807, 2.05) is 18.2 Å². The monoisotopic (exact) mass is 355 g/mol. The molecule has 0 radical (unpaired) electrons. The fourth-order valence-corrected chi connectivity index (χ4v) is 3.07. The quantitative estimate of drug-likeness (QED) is 0.831. The van der Waals surface area contributed by atoms with Crippen LogP contribution in [0.4, 0.5) is 5.69 Å². The van der Waals surface area contributed by atoms with Crippen LogP contribution < -0.4 is 5.32 Å². The van der Waals surface area contributed by atoms with Crippen LogP contribution in [0.2, 0.25) is 0 Å². The lowest BCUT2D eigenvalue weighted by molar-refractivity contribution is 0.0696. The fraction of sp³-hybridized carbons (Fsp3) is 0.300. The average molecular weight is 355 g/mol. The van der Waals surface area contributed by atoms with Gasteiger partial charge in [0.2, 0.25) is 0 Å². The number of carbonyl (C=O) groups is 2. The summed E-state index contributed by atoms with van der Waals surface area (Å²) >= 11 is 0. The van der Waals surface area contributed by atoms with Crippen molar-refractivity contribution in [2.75, 3.05) is 25.6 Å². The molecular weight excluding hydrogens is 334 g/mol. The molecule has 0 aliphatic carbocycles. The molecule has 1 fully saturated rings. The summed E-state index contributed by atoms with van der Waals surface area (Å²) in [6.45, 7) is 1.68. The molecule has 2 aromatic carbocycles. The lowest BCUT2D eigenvalue weighted by atomic mass is 9.96. The Morgan fingerprint density at radius 3 is 2.77 bits per heavy atom. The summed E-state index contributed by atoms with van der Waals surface area (Å²) in [4.78, 5) is 23.9. The highest BCUT2D eigenvalue weighted by Crippen LogP contribution is 2.26. The van der Waals surface area contributed by atoms with E-state index in [1.165, 1.54) is 19.2 Å². The number of carboxylic acid groups (broad SMARTS) is 1. The van der Waals surface area contributed by atoms with Crippen LogP contribution in [0.15, 0.2) is 42.5 Å². The molecule has 0 spiro atoms. The standard InChI is InChI=1S/C20H21NO5/c1-25-11-13-7-17(20(23)24)10-18(8-13)21-19(22)15-4-2-3-14(9-15)16-5-6-26-12-16/h2-4,7-10,16H,5-6,11-12H2,1H3,(H,21,22)(H,23,24). The Morgan fingerprint density at radius 2 is 2.08 bits per heavy atom. The van der Waals surface area contributed by atoms with Gasteiger partial charge in [-0.2, -0.15) is 0 Å². The molecule has 1 atom stereocenters. The van der Waals surface area contributed by atoms with E-state index in [2.05, 4.69) is 5.32 Å². The second kappa shape index (κ2) is 8.12. The van der Waals surface area contributed by atoms with Gasteiger partial charge < -0.3 is 19.9 Å². The number of amides is 1. The molecule has 1 heterocycles. The topological polar surface area (TPSA) is 84.9 Å². The molecule has 136 valence electrons. The van der Waals surface area contributed by atoms with Crippen molar-refractivity contribution in [1.29, 1.82) is 0 Å². The van der Waals surface area contributed by atoms with Crippen LogP contribution >= 0.6 is 0 Å². The molecule has 0 saturated carbocycles. The van der Waals surface area contributed by atoms with Gasteiger partial charge in [0, 0.05) is 30.9 Å². The van der Waals surface area contributed by atoms with E-state index < -0.39 is 5.97 Å². The number of nitrogens with one attached hydrogen (secondary N) is 1. The van der Waals surface area contributed by atoms with Gasteiger partial charge in [0.1, 0.15) is 0 Å². The first-order valence-electron chi connectivity index (χ1n) is 8.42. The second-order valence-corrected chi connectivity index (χ2v) is 6.30. The summed E-state index contributed by atoms with van der Waals surface area (Å²) in [5.41, 5.74) is 2.82. The van der Waals surface area contributed by atoms with Crippen molar-refractivity contribution in [3.63, 3.8) is 0 Å². The van der Waals surface area contributed by atoms with Crippen LogP contribution in [0.5, 0.6) is 0 Å². The fourth-order valence-electron chi connectivity index (χ4n) is 3.07. The Bertz CT molecular complexity index is 812. The number of carboxylic acids is 1. The highest BCUT2D eigenvalue weighted by Gasteiger charge is 2.19. The number of ether oxygens (including phenoxy) is 2. The molecular formula is C20H21NO5. The van der Waals surface area contributed by atoms with Gasteiger partial charge in [0.15, 0.2) is 0 Å². The highest BCUT2D eigenvalue weighted by molar-refractivity contribution is 6.05. The van der Waals surface area contributed by atoms with Crippen LogP contribution in [-0.4, -0.2) is 37.3 Å². The van der Waals surface area contributed by atoms with Crippen LogP contribution in [0.3, 0.4) is 0 Å². The summed E-state index contributed by atoms with van der Waals surface area (Å²) < 4.78 is 10.5. The van der Waals surface area contributed by atoms with Crippen molar-refractivity contribution >= 4 is 17.6 Å². The number of carbonyl (C=O) groups excluding carboxylic acids is 1. The molecule has 2 aromatic rings. The van der Waals surface area contributed by atoms with Crippen molar-refractivity contribution in [2.24, 2.45) is 0 Å². The first-order valence-corrected chi connectivity index (χ1v) is 8.42. The Balaban J connectivity index is 1.81. The van der Waals surface area contributed by atoms with Crippen LogP contribution in [-0.2, 0) is 16.1 Å². The first kappa shape index (κ1) is 18.1. The maximum absolute atomic E-state index is 12.6. The third-order valence-corrected chi connectivity index (χ3v) is 4.36. The molecule has 1 saturated heterocycles. The summed E-state index contributed by atoms with van der Waals surface area (Å²) in [7, 11) is 1.53. The van der Waals surface area contributed by atoms with E-state index in [9.17, 15) is 14.7 Å². The number of rotatable bonds is 6. The number of aromatic carboxylic acids is 1. The van der Waals surface area contributed by atoms with Gasteiger partial charge in [-0.25, -0.2) is 4.79 Å². The second-order valence-electron chi connectivity index (χ2n) is 6.30. The molecule has 2 N–H and O–H groups in total. The van der Waals surface area contributed by atoms with Gasteiger partial charge in [0.05, 0.1) is 18.8 Å². The third-order valence-electron chi connectivity index (χ3n) is 4.36. The maximum atomic E-state index is 12.6. The molecule has 3 rings (SSSR count). The van der Waals surface area contributed by atoms with Crippen LogP contribution in [0.1, 0.15) is 44.2 Å². The number of hydrogen-bond donors (Lipinski definition) is 2. The van der Waals surface area contributed by atoms with E-state index in [0.29, 0.717) is 29.3 Å². The molecule has 1 aliphatic heterocycles. The zero-order valence-corrected chi connectivity index (χ0v) is 14.5. The summed E-state index contributed by atoms with van der Waals surface area (Å²) in [5, 5.41) is 12.0. The van der Waals surface area contributed by atoms with Gasteiger partial charge in [-0.15, -0.1) is 0 Å². The predicted octanol–water partition coefficient (Wildman–Crippen LogP) is 3.29. The number of anilines is 1. The number of methoxy groups -OCH3 is 1. The molecule has 1 amide bonds. The van der Waals surface area contributed by atoms with E-state index in [-0.39, 0.29) is 18.1 Å². The third kappa shape index (κ3) is 4.28. The molecule has 6 nitrogen and oxygen atoms in total. The summed E-state index contributed by atoms with van der Waals surface area (Å²) in [5.74, 6) is -1.02. The van der Waals surface area contributed by atoms with Gasteiger partial charge in [-0.05, 0) is 47.9 Å². The zero-order valence-electron chi connectivity index (χ0n) is 14.5. The molecule has 0 aromatic heterocycles. The normalized spacial score (nSPS) is 16.4. The van der Waals surface area contributed by atoms with Crippen LogP contribution in [0, 0.1) is 0 Å². The average Bonchev–Trinajstić information content (AvgIpc) is 3.16. The Hall–Kier alpha value is -2.70. The molecule has 26 heavy (non-hydrogen) atoms. The summed E-state index contributed by atoms with van der Waals surface area (Å²) in [6.07, 6.45) is 0.951. The van der Waals surface area contributed by atoms with E-state index in [0.717, 1.165) is 18.6 Å². The molecule has 1 unspecified atom stereocenters. The number of benzene rings is 2. The van der Waals surface area contributed by atoms with Gasteiger partial charge in [0.25, 0.3) is 5.91 Å². The molecule has 1 aliphatic rings. The van der Waals surface area contributed by atoms with Gasteiger partial charge in [-0.1, -0.05) is 12.1 Å². The van der Waals surface area contributed by atoms with Crippen molar-refractivity contribution < 1.29 is 24.2 Å². The lowest BCUT2D eigenvalue weighted by Gasteiger charge is -2.12. The summed E-state index contributed by atoms with van der Waals surface area (Å²) in [6, 6.07) is 12.1. The number of hydrogen-bond acceptors (Lipinski definition) is 4. The first-order chi connectivity index (χ1) is 12.6. The Morgan fingerprint density at radius 1 is 1.23 bits per heavy atom. The zero-order chi connectivity index (χ0) is 18.5. The minimum Gasteiger partial charge on any atom is -0.478 e. The minimum absolute atomic E-state index is 0.103. The highest BCUT2D eigenvalue weighted by atomic mass is 16.5. The van der Waals surface area contributed by atoms with E-state index in [1.54, 1.807) is 12.1 Å². The van der Waals surface area contributed by atoms with Crippen molar-refractivity contribution in [2.45, 2.75) is 18.9 Å².